The van der Waals surface area contributed by atoms with Crippen LogP contribution in [-0.4, -0.2) is 18.2 Å². The molecule has 0 aliphatic carbocycles. The molecule has 0 unspecified atom stereocenters. The van der Waals surface area contributed by atoms with Gasteiger partial charge < -0.3 is 0 Å². The van der Waals surface area contributed by atoms with Crippen molar-refractivity contribution in [1.29, 1.82) is 0 Å². The Morgan fingerprint density at radius 1 is 1.41 bits per heavy atom. The Kier molecular flexibility index (Phi) is 5.18. The number of hydrogen-bond donors (Lipinski definition) is 1. The second-order valence-electron chi connectivity index (χ2n) is 3.60. The third kappa shape index (κ3) is 4.89. The predicted molar refractivity (Wildman–Crippen MR) is 73.2 cm³/mol. The summed E-state index contributed by atoms with van der Waals surface area (Å²) in [5.41, 5.74) is 0.0364. The Hall–Kier alpha value is -0.840. The molecule has 0 saturated carbocycles. The van der Waals surface area contributed by atoms with Crippen LogP contribution in [0.25, 0.3) is 0 Å². The summed E-state index contributed by atoms with van der Waals surface area (Å²) in [7, 11) is 0. The van der Waals surface area contributed by atoms with E-state index in [1.807, 2.05) is 13.6 Å². The molecule has 0 bridgehead atoms. The second kappa shape index (κ2) is 6.19. The number of thiol groups is 1. The first-order valence-corrected chi connectivity index (χ1v) is 8.85. The van der Waals surface area contributed by atoms with E-state index in [9.17, 15) is 10.1 Å². The minimum absolute atomic E-state index is 0.0364. The molecule has 96 valence electrons. The van der Waals surface area contributed by atoms with Crippen LogP contribution in [0.15, 0.2) is 24.3 Å². The van der Waals surface area contributed by atoms with Gasteiger partial charge >= 0.3 is 106 Å². The normalized spacial score (nSPS) is 12.2. The van der Waals surface area contributed by atoms with Crippen LogP contribution in [0.2, 0.25) is 0 Å². The molecule has 7 heteroatoms. The number of non-ortho nitro benzene ring substituents is 1. The van der Waals surface area contributed by atoms with E-state index in [1.54, 1.807) is 12.1 Å². The first-order valence-electron chi connectivity index (χ1n) is 5.24. The molecule has 0 heterocycles. The number of hydrogen-bond acceptors (Lipinski definition) is 5. The average molecular weight is 277 g/mol. The predicted octanol–water partition coefficient (Wildman–Crippen LogP) is 3.45. The summed E-state index contributed by atoms with van der Waals surface area (Å²) in [5.74, 6) is 0.538. The molecule has 1 rings (SSSR count). The Morgan fingerprint density at radius 3 is 2.47 bits per heavy atom. The van der Waals surface area contributed by atoms with Crippen LogP contribution in [0.3, 0.4) is 0 Å². The molecule has 1 aromatic carbocycles. The molecule has 0 aliphatic rings. The molecule has 0 amide bonds. The van der Waals surface area contributed by atoms with Crippen molar-refractivity contribution in [3.63, 3.8) is 0 Å². The van der Waals surface area contributed by atoms with Crippen molar-refractivity contribution in [2.24, 2.45) is 0 Å². The van der Waals surface area contributed by atoms with Gasteiger partial charge in [0.15, 0.2) is 0 Å². The van der Waals surface area contributed by atoms with Gasteiger partial charge in [-0.2, -0.15) is 0 Å². The van der Waals surface area contributed by atoms with Crippen LogP contribution >= 0.6 is 19.2 Å². The average Bonchev–Trinajstić information content (AvgIpc) is 2.26. The summed E-state index contributed by atoms with van der Waals surface area (Å²) in [6, 6.07) is 5.89. The molecule has 0 aromatic heterocycles. The number of nitro benzene ring substituents is 1. The van der Waals surface area contributed by atoms with Crippen molar-refractivity contribution >= 4 is 24.9 Å². The van der Waals surface area contributed by atoms with Crippen molar-refractivity contribution < 1.29 is 14.0 Å². The van der Waals surface area contributed by atoms with E-state index in [0.29, 0.717) is 12.4 Å². The van der Waals surface area contributed by atoms with Gasteiger partial charge in [-0.15, -0.1) is 0 Å². The van der Waals surface area contributed by atoms with Crippen LogP contribution in [0.4, 0.5) is 5.69 Å². The van der Waals surface area contributed by atoms with Gasteiger partial charge in [0, 0.05) is 0 Å². The third-order valence-electron chi connectivity index (χ3n) is 1.93. The summed E-state index contributed by atoms with van der Waals surface area (Å²) in [5, 5.41) is 10.5. The van der Waals surface area contributed by atoms with E-state index >= 15 is 0 Å². The van der Waals surface area contributed by atoms with Crippen molar-refractivity contribution in [3.8, 4) is 5.75 Å². The van der Waals surface area contributed by atoms with Gasteiger partial charge in [-0.1, -0.05) is 0 Å². The molecule has 0 saturated heterocycles. The summed E-state index contributed by atoms with van der Waals surface area (Å²) >= 11 is 4.36. The van der Waals surface area contributed by atoms with Gasteiger partial charge in [0.1, 0.15) is 0 Å². The molecule has 0 fully saturated rings. The SMILES string of the molecule is CCCO[PH](C)(S)Oc1ccc([N+](=O)[O-])cc1. The summed E-state index contributed by atoms with van der Waals surface area (Å²) in [6.07, 6.45) is 0.896. The first kappa shape index (κ1) is 14.2. The Morgan fingerprint density at radius 2 is 2.00 bits per heavy atom. The van der Waals surface area contributed by atoms with Crippen LogP contribution in [0.1, 0.15) is 13.3 Å². The fourth-order valence-electron chi connectivity index (χ4n) is 1.18. The number of rotatable bonds is 6. The standard InChI is InChI=1S/C10H16NO4PS/c1-3-8-14-16(2,17)15-10-6-4-9(5-7-10)11(12)13/h4-7,16-17H,3,8H2,1-2H3. The maximum absolute atomic E-state index is 10.5. The Labute approximate surface area is 106 Å². The molecule has 5 nitrogen and oxygen atoms in total. The first-order chi connectivity index (χ1) is 7.94. The number of benzene rings is 1. The molecular weight excluding hydrogens is 261 g/mol. The molecule has 0 atom stereocenters. The zero-order chi connectivity index (χ0) is 12.9. The quantitative estimate of drug-likeness (QED) is 0.374. The van der Waals surface area contributed by atoms with Gasteiger partial charge in [0.25, 0.3) is 0 Å². The molecule has 0 aliphatic heterocycles. The van der Waals surface area contributed by atoms with Crippen molar-refractivity contribution in [1.82, 2.24) is 0 Å². The maximum atomic E-state index is 10.5. The Balaban J connectivity index is 2.65. The molecule has 0 N–H and O–H groups in total. The minimum atomic E-state index is -2.49. The van der Waals surface area contributed by atoms with E-state index in [0.717, 1.165) is 6.42 Å². The van der Waals surface area contributed by atoms with Gasteiger partial charge in [0.05, 0.1) is 0 Å². The van der Waals surface area contributed by atoms with Crippen molar-refractivity contribution in [2.75, 3.05) is 13.3 Å². The van der Waals surface area contributed by atoms with E-state index < -0.39 is 11.8 Å². The van der Waals surface area contributed by atoms with E-state index in [1.165, 1.54) is 12.1 Å². The summed E-state index contributed by atoms with van der Waals surface area (Å²) < 4.78 is 11.1. The molecule has 0 radical (unpaired) electrons. The van der Waals surface area contributed by atoms with Crippen LogP contribution in [0.5, 0.6) is 5.75 Å². The van der Waals surface area contributed by atoms with E-state index in [2.05, 4.69) is 12.2 Å². The van der Waals surface area contributed by atoms with Crippen LogP contribution < -0.4 is 4.52 Å². The topological polar surface area (TPSA) is 61.6 Å². The Bertz CT molecular complexity index is 382. The fourth-order valence-corrected chi connectivity index (χ4v) is 2.98. The number of nitrogens with zero attached hydrogens (tertiary/aromatic N) is 1. The van der Waals surface area contributed by atoms with Gasteiger partial charge in [-0.05, 0) is 0 Å². The molecular formula is C10H16NO4PS. The zero-order valence-electron chi connectivity index (χ0n) is 9.75. The molecule has 0 spiro atoms. The zero-order valence-corrected chi connectivity index (χ0v) is 11.6. The monoisotopic (exact) mass is 277 g/mol. The van der Waals surface area contributed by atoms with Crippen molar-refractivity contribution in [3.05, 3.63) is 34.4 Å². The van der Waals surface area contributed by atoms with Gasteiger partial charge in [-0.3, -0.25) is 0 Å². The second-order valence-corrected chi connectivity index (χ2v) is 8.32. The molecule has 17 heavy (non-hydrogen) atoms. The number of nitro groups is 1. The molecule has 1 aromatic rings. The summed E-state index contributed by atoms with van der Waals surface area (Å²) in [6.45, 7) is 1.93. The fraction of sp³-hybridized carbons (Fsp3) is 0.400. The van der Waals surface area contributed by atoms with Crippen LogP contribution in [0, 0.1) is 10.1 Å². The van der Waals surface area contributed by atoms with E-state index in [-0.39, 0.29) is 5.69 Å². The van der Waals surface area contributed by atoms with E-state index in [4.69, 9.17) is 9.05 Å². The van der Waals surface area contributed by atoms with Gasteiger partial charge in [0.2, 0.25) is 0 Å². The van der Waals surface area contributed by atoms with Crippen LogP contribution in [-0.2, 0) is 4.52 Å². The van der Waals surface area contributed by atoms with Crippen molar-refractivity contribution in [2.45, 2.75) is 13.3 Å². The summed E-state index contributed by atoms with van der Waals surface area (Å²) in [4.78, 5) is 10.0. The van der Waals surface area contributed by atoms with Gasteiger partial charge in [-0.25, -0.2) is 0 Å². The third-order valence-corrected chi connectivity index (χ3v) is 3.94.